The lowest BCUT2D eigenvalue weighted by Gasteiger charge is -2.04. The van der Waals surface area contributed by atoms with Gasteiger partial charge in [-0.15, -0.1) is 0 Å². The number of aliphatic hydroxyl groups excluding tert-OH is 1. The number of aliphatic carboxylic acids is 1. The Morgan fingerprint density at radius 2 is 2.44 bits per heavy atom. The van der Waals surface area contributed by atoms with Crippen LogP contribution in [0.25, 0.3) is 0 Å². The van der Waals surface area contributed by atoms with E-state index in [0.717, 1.165) is 0 Å². The summed E-state index contributed by atoms with van der Waals surface area (Å²) in [5, 5.41) is 16.4. The van der Waals surface area contributed by atoms with Gasteiger partial charge in [0, 0.05) is 0 Å². The van der Waals surface area contributed by atoms with Gasteiger partial charge in [-0.3, -0.25) is 4.84 Å². The maximum Gasteiger partial charge on any atom is 0.331 e. The second-order valence-corrected chi connectivity index (χ2v) is 1.48. The van der Waals surface area contributed by atoms with Gasteiger partial charge in [-0.1, -0.05) is 0 Å². The Labute approximate surface area is 52.2 Å². The zero-order valence-electron chi connectivity index (χ0n) is 5.00. The van der Waals surface area contributed by atoms with Gasteiger partial charge in [0.15, 0.2) is 6.61 Å². The van der Waals surface area contributed by atoms with E-state index in [1.54, 1.807) is 0 Å². The van der Waals surface area contributed by atoms with Gasteiger partial charge < -0.3 is 10.2 Å². The third-order valence-electron chi connectivity index (χ3n) is 0.450. The number of carboxylic acid groups (broad SMARTS) is 1. The van der Waals surface area contributed by atoms with Crippen molar-refractivity contribution >= 4 is 5.97 Å². The fourth-order valence-corrected chi connectivity index (χ4v) is 0.224. The van der Waals surface area contributed by atoms with Crippen LogP contribution >= 0.6 is 0 Å². The summed E-state index contributed by atoms with van der Waals surface area (Å²) in [5.74, 6) is -1.08. The minimum Gasteiger partial charge on any atom is -0.479 e. The summed E-state index contributed by atoms with van der Waals surface area (Å²) in [6, 6.07) is 0. The van der Waals surface area contributed by atoms with Gasteiger partial charge in [0.25, 0.3) is 0 Å². The largest absolute Gasteiger partial charge is 0.479 e. The topological polar surface area (TPSA) is 78.8 Å². The number of carbonyl (C=O) groups is 1. The summed E-state index contributed by atoms with van der Waals surface area (Å²) in [5.41, 5.74) is 2.05. The molecular formula is C4H9NO4. The summed E-state index contributed by atoms with van der Waals surface area (Å²) < 4.78 is 0. The average molecular weight is 135 g/mol. The molecule has 1 atom stereocenters. The monoisotopic (exact) mass is 135 g/mol. The lowest BCUT2D eigenvalue weighted by molar-refractivity contribution is -0.148. The molecule has 0 aliphatic rings. The van der Waals surface area contributed by atoms with E-state index in [-0.39, 0.29) is 0 Å². The van der Waals surface area contributed by atoms with Crippen LogP contribution in [0.1, 0.15) is 6.92 Å². The predicted octanol–water partition coefficient (Wildman–Crippen LogP) is -1.07. The molecule has 0 amide bonds. The second-order valence-electron chi connectivity index (χ2n) is 1.48. The molecule has 5 nitrogen and oxygen atoms in total. The number of hydroxylamine groups is 1. The van der Waals surface area contributed by atoms with E-state index in [1.165, 1.54) is 6.92 Å². The maximum absolute atomic E-state index is 9.73. The van der Waals surface area contributed by atoms with Gasteiger partial charge in [0.2, 0.25) is 0 Å². The highest BCUT2D eigenvalue weighted by Gasteiger charge is 1.96. The number of hydrogen-bond donors (Lipinski definition) is 3. The Morgan fingerprint density at radius 1 is 1.89 bits per heavy atom. The highest BCUT2D eigenvalue weighted by atomic mass is 16.7. The molecule has 0 aromatic rings. The van der Waals surface area contributed by atoms with Crippen molar-refractivity contribution in [3.8, 4) is 0 Å². The molecule has 0 saturated heterocycles. The third kappa shape index (κ3) is 7.35. The van der Waals surface area contributed by atoms with Crippen LogP contribution in [0, 0.1) is 0 Å². The minimum atomic E-state index is -1.08. The van der Waals surface area contributed by atoms with E-state index >= 15 is 0 Å². The molecule has 0 heterocycles. The van der Waals surface area contributed by atoms with E-state index in [4.69, 9.17) is 10.2 Å². The molecule has 0 saturated carbocycles. The molecule has 0 aromatic heterocycles. The standard InChI is InChI=1S/C4H9NO4/c1-3(6)5-9-2-4(7)8/h3,5-6H,2H2,1H3,(H,7,8). The molecule has 0 rings (SSSR count). The van der Waals surface area contributed by atoms with Gasteiger partial charge in [-0.2, -0.15) is 5.48 Å². The molecule has 0 bridgehead atoms. The molecule has 54 valence electrons. The summed E-state index contributed by atoms with van der Waals surface area (Å²) in [4.78, 5) is 14.0. The van der Waals surface area contributed by atoms with Gasteiger partial charge >= 0.3 is 5.97 Å². The van der Waals surface area contributed by atoms with Crippen molar-refractivity contribution in [2.24, 2.45) is 0 Å². The molecule has 0 aromatic carbocycles. The third-order valence-corrected chi connectivity index (χ3v) is 0.450. The first-order chi connectivity index (χ1) is 4.13. The zero-order chi connectivity index (χ0) is 7.28. The molecule has 0 fully saturated rings. The molecule has 0 spiro atoms. The molecule has 9 heavy (non-hydrogen) atoms. The van der Waals surface area contributed by atoms with E-state index in [2.05, 4.69) is 10.3 Å². The zero-order valence-corrected chi connectivity index (χ0v) is 5.00. The Morgan fingerprint density at radius 3 is 2.78 bits per heavy atom. The van der Waals surface area contributed by atoms with Crippen molar-refractivity contribution in [2.45, 2.75) is 13.2 Å². The molecule has 1 unspecified atom stereocenters. The van der Waals surface area contributed by atoms with Crippen molar-refractivity contribution in [1.82, 2.24) is 5.48 Å². The number of nitrogens with one attached hydrogen (secondary N) is 1. The Kier molecular flexibility index (Phi) is 3.94. The maximum atomic E-state index is 9.73. The SMILES string of the molecule is CC(O)NOCC(=O)O. The van der Waals surface area contributed by atoms with Crippen LogP contribution < -0.4 is 5.48 Å². The first kappa shape index (κ1) is 8.35. The first-order valence-corrected chi connectivity index (χ1v) is 2.40. The van der Waals surface area contributed by atoms with Gasteiger partial charge in [0.1, 0.15) is 6.23 Å². The van der Waals surface area contributed by atoms with Gasteiger partial charge in [0.05, 0.1) is 0 Å². The van der Waals surface area contributed by atoms with E-state index in [9.17, 15) is 4.79 Å². The molecule has 0 radical (unpaired) electrons. The van der Waals surface area contributed by atoms with Crippen molar-refractivity contribution in [3.05, 3.63) is 0 Å². The summed E-state index contributed by atoms with van der Waals surface area (Å²) in [7, 11) is 0. The Hall–Kier alpha value is -0.650. The highest BCUT2D eigenvalue weighted by molar-refractivity contribution is 5.67. The highest BCUT2D eigenvalue weighted by Crippen LogP contribution is 1.72. The fourth-order valence-electron chi connectivity index (χ4n) is 0.224. The fraction of sp³-hybridized carbons (Fsp3) is 0.750. The van der Waals surface area contributed by atoms with Gasteiger partial charge in [-0.25, -0.2) is 4.79 Å². The molecular weight excluding hydrogens is 126 g/mol. The van der Waals surface area contributed by atoms with E-state index in [1.807, 2.05) is 0 Å². The Bertz CT molecular complexity index is 92.6. The Balaban J connectivity index is 3.01. The summed E-state index contributed by atoms with van der Waals surface area (Å²) in [6.45, 7) is 0.965. The summed E-state index contributed by atoms with van der Waals surface area (Å²) in [6.07, 6.45) is -0.843. The lowest BCUT2D eigenvalue weighted by Crippen LogP contribution is -2.28. The quantitative estimate of drug-likeness (QED) is 0.338. The molecule has 3 N–H and O–H groups in total. The smallest absolute Gasteiger partial charge is 0.331 e. The minimum absolute atomic E-state index is 0.453. The van der Waals surface area contributed by atoms with Crippen LogP contribution in [0.2, 0.25) is 0 Å². The molecule has 5 heteroatoms. The van der Waals surface area contributed by atoms with Crippen molar-refractivity contribution < 1.29 is 19.8 Å². The lowest BCUT2D eigenvalue weighted by atomic mass is 10.7. The van der Waals surface area contributed by atoms with Crippen LogP contribution in [0.5, 0.6) is 0 Å². The van der Waals surface area contributed by atoms with Gasteiger partial charge in [-0.05, 0) is 6.92 Å². The van der Waals surface area contributed by atoms with Crippen molar-refractivity contribution in [1.29, 1.82) is 0 Å². The van der Waals surface area contributed by atoms with Crippen LogP contribution in [-0.2, 0) is 9.63 Å². The van der Waals surface area contributed by atoms with Crippen LogP contribution in [-0.4, -0.2) is 29.0 Å². The van der Waals surface area contributed by atoms with Crippen LogP contribution in [0.4, 0.5) is 0 Å². The summed E-state index contributed by atoms with van der Waals surface area (Å²) >= 11 is 0. The van der Waals surface area contributed by atoms with Crippen LogP contribution in [0.3, 0.4) is 0 Å². The van der Waals surface area contributed by atoms with Crippen molar-refractivity contribution in [2.75, 3.05) is 6.61 Å². The van der Waals surface area contributed by atoms with Crippen LogP contribution in [0.15, 0.2) is 0 Å². The first-order valence-electron chi connectivity index (χ1n) is 2.40. The van der Waals surface area contributed by atoms with Crippen molar-refractivity contribution in [3.63, 3.8) is 0 Å². The van der Waals surface area contributed by atoms with E-state index < -0.39 is 18.8 Å². The molecule has 0 aliphatic heterocycles. The number of hydrogen-bond acceptors (Lipinski definition) is 4. The number of aliphatic hydroxyl groups is 1. The average Bonchev–Trinajstić information content (AvgIpc) is 1.63. The second kappa shape index (κ2) is 4.25. The predicted molar refractivity (Wildman–Crippen MR) is 28.4 cm³/mol. The van der Waals surface area contributed by atoms with E-state index in [0.29, 0.717) is 0 Å². The number of rotatable bonds is 4. The number of carboxylic acids is 1. The normalized spacial score (nSPS) is 13.1. The molecule has 0 aliphatic carbocycles.